The molecule has 0 aliphatic rings. The summed E-state index contributed by atoms with van der Waals surface area (Å²) in [6.07, 6.45) is 8.00. The first-order valence-electron chi connectivity index (χ1n) is 3.98. The Morgan fingerprint density at radius 3 is 2.27 bits per heavy atom. The average Bonchev–Trinajstić information content (AvgIpc) is 2.28. The van der Waals surface area contributed by atoms with Crippen molar-refractivity contribution in [3.05, 3.63) is 29.3 Å². The van der Waals surface area contributed by atoms with E-state index in [1.54, 1.807) is 6.92 Å². The van der Waals surface area contributed by atoms with Gasteiger partial charge >= 0.3 is 0 Å². The minimum absolute atomic E-state index is 0.0424. The first-order valence-corrected chi connectivity index (χ1v) is 3.98. The Labute approximate surface area is 88.1 Å². The highest BCUT2D eigenvalue weighted by molar-refractivity contribution is 5.40. The fourth-order valence-electron chi connectivity index (χ4n) is 0.921. The van der Waals surface area contributed by atoms with E-state index in [0.717, 1.165) is 0 Å². The van der Waals surface area contributed by atoms with E-state index in [4.69, 9.17) is 0 Å². The predicted molar refractivity (Wildman–Crippen MR) is 55.4 cm³/mol. The van der Waals surface area contributed by atoms with E-state index in [9.17, 15) is 8.78 Å². The van der Waals surface area contributed by atoms with Gasteiger partial charge in [0.2, 0.25) is 5.82 Å². The quantitative estimate of drug-likeness (QED) is 0.644. The molecular formula is C12H10F2O. The van der Waals surface area contributed by atoms with Crippen LogP contribution in [0.3, 0.4) is 0 Å². The van der Waals surface area contributed by atoms with Gasteiger partial charge in [-0.1, -0.05) is 5.92 Å². The zero-order valence-electron chi connectivity index (χ0n) is 8.47. The summed E-state index contributed by atoms with van der Waals surface area (Å²) in [5, 5.41) is 0. The van der Waals surface area contributed by atoms with Crippen molar-refractivity contribution in [1.29, 1.82) is 0 Å². The molecule has 1 aromatic rings. The normalized spacial score (nSPS) is 7.87. The molecule has 0 unspecified atom stereocenters. The molecule has 78 valence electrons. The van der Waals surface area contributed by atoms with Gasteiger partial charge in [-0.05, 0) is 19.1 Å². The van der Waals surface area contributed by atoms with Crippen LogP contribution in [0.5, 0.6) is 5.75 Å². The van der Waals surface area contributed by atoms with Crippen molar-refractivity contribution in [1.82, 2.24) is 0 Å². The summed E-state index contributed by atoms with van der Waals surface area (Å²) in [5.74, 6) is 2.87. The lowest BCUT2D eigenvalue weighted by Gasteiger charge is -2.02. The fraction of sp³-hybridized carbons (Fsp3) is 0.167. The molecule has 1 aromatic carbocycles. The second-order valence-electron chi connectivity index (χ2n) is 2.32. The number of methoxy groups -OCH3 is 1. The Kier molecular flexibility index (Phi) is 5.59. The minimum atomic E-state index is -0.997. The number of benzene rings is 1. The molecule has 0 spiro atoms. The lowest BCUT2D eigenvalue weighted by atomic mass is 10.2. The summed E-state index contributed by atoms with van der Waals surface area (Å²) < 4.78 is 30.7. The van der Waals surface area contributed by atoms with Crippen LogP contribution < -0.4 is 4.74 Å². The van der Waals surface area contributed by atoms with Crippen molar-refractivity contribution in [3.63, 3.8) is 0 Å². The van der Waals surface area contributed by atoms with Crippen LogP contribution in [-0.2, 0) is 0 Å². The van der Waals surface area contributed by atoms with Gasteiger partial charge in [-0.2, -0.15) is 4.39 Å². The van der Waals surface area contributed by atoms with Crippen LogP contribution in [0.15, 0.2) is 12.1 Å². The molecule has 3 heteroatoms. The van der Waals surface area contributed by atoms with Crippen molar-refractivity contribution >= 4 is 0 Å². The number of rotatable bonds is 1. The van der Waals surface area contributed by atoms with Crippen molar-refractivity contribution in [2.75, 3.05) is 7.11 Å². The van der Waals surface area contributed by atoms with Crippen molar-refractivity contribution in [3.8, 4) is 30.4 Å². The van der Waals surface area contributed by atoms with Gasteiger partial charge in [-0.3, -0.25) is 0 Å². The molecule has 15 heavy (non-hydrogen) atoms. The molecule has 0 heterocycles. The summed E-state index contributed by atoms with van der Waals surface area (Å²) in [5.41, 5.74) is 0.0424. The van der Waals surface area contributed by atoms with Gasteiger partial charge in [-0.15, -0.1) is 18.8 Å². The van der Waals surface area contributed by atoms with Gasteiger partial charge in [-0.25, -0.2) is 4.39 Å². The van der Waals surface area contributed by atoms with E-state index >= 15 is 0 Å². The molecule has 0 saturated carbocycles. The van der Waals surface area contributed by atoms with E-state index < -0.39 is 11.6 Å². The summed E-state index contributed by atoms with van der Waals surface area (Å²) in [4.78, 5) is 0. The van der Waals surface area contributed by atoms with E-state index in [0.29, 0.717) is 0 Å². The third-order valence-electron chi connectivity index (χ3n) is 1.53. The molecule has 0 atom stereocenters. The SMILES string of the molecule is C#C.CC#Cc1ccc(OC)c(F)c1F. The monoisotopic (exact) mass is 208 g/mol. The zero-order chi connectivity index (χ0) is 11.8. The highest BCUT2D eigenvalue weighted by Crippen LogP contribution is 2.21. The molecule has 0 aliphatic carbocycles. The molecule has 1 nitrogen and oxygen atoms in total. The summed E-state index contributed by atoms with van der Waals surface area (Å²) >= 11 is 0. The second-order valence-corrected chi connectivity index (χ2v) is 2.32. The maximum Gasteiger partial charge on any atom is 0.201 e. The van der Waals surface area contributed by atoms with E-state index in [-0.39, 0.29) is 11.3 Å². The van der Waals surface area contributed by atoms with Crippen LogP contribution in [0.4, 0.5) is 8.78 Å². The summed E-state index contributed by atoms with van der Waals surface area (Å²) in [6.45, 7) is 1.56. The zero-order valence-corrected chi connectivity index (χ0v) is 8.47. The highest BCUT2D eigenvalue weighted by Gasteiger charge is 2.11. The van der Waals surface area contributed by atoms with Crippen LogP contribution in [0.2, 0.25) is 0 Å². The van der Waals surface area contributed by atoms with Gasteiger partial charge in [0.05, 0.1) is 12.7 Å². The molecule has 0 aliphatic heterocycles. The van der Waals surface area contributed by atoms with Gasteiger partial charge in [0, 0.05) is 0 Å². The summed E-state index contributed by atoms with van der Waals surface area (Å²) in [6, 6.07) is 2.73. The minimum Gasteiger partial charge on any atom is -0.494 e. The first kappa shape index (κ1) is 13.0. The first-order chi connectivity index (χ1) is 7.20. The average molecular weight is 208 g/mol. The molecule has 0 fully saturated rings. The Morgan fingerprint density at radius 2 is 1.80 bits per heavy atom. The van der Waals surface area contributed by atoms with Gasteiger partial charge in [0.1, 0.15) is 0 Å². The maximum atomic E-state index is 13.1. The fourth-order valence-corrected chi connectivity index (χ4v) is 0.921. The standard InChI is InChI=1S/C10H8F2O.C2H2/c1-3-4-7-5-6-8(13-2)10(12)9(7)11;1-2/h5-6H,1-2H3;1-2H. The van der Waals surface area contributed by atoms with Crippen LogP contribution >= 0.6 is 0 Å². The largest absolute Gasteiger partial charge is 0.494 e. The van der Waals surface area contributed by atoms with Crippen molar-refractivity contribution in [2.45, 2.75) is 6.92 Å². The van der Waals surface area contributed by atoms with Gasteiger partial charge < -0.3 is 4.74 Å². The van der Waals surface area contributed by atoms with E-state index in [1.807, 2.05) is 0 Å². The van der Waals surface area contributed by atoms with Crippen LogP contribution in [0.25, 0.3) is 0 Å². The molecular weight excluding hydrogens is 198 g/mol. The smallest absolute Gasteiger partial charge is 0.201 e. The third kappa shape index (κ3) is 3.00. The number of hydrogen-bond donors (Lipinski definition) is 0. The Balaban J connectivity index is 0.000000921. The molecule has 1 rings (SSSR count). The molecule has 0 aromatic heterocycles. The lowest BCUT2D eigenvalue weighted by molar-refractivity contribution is 0.371. The van der Waals surface area contributed by atoms with Crippen molar-refractivity contribution in [2.24, 2.45) is 0 Å². The van der Waals surface area contributed by atoms with Crippen LogP contribution in [0.1, 0.15) is 12.5 Å². The molecule has 0 N–H and O–H groups in total. The molecule has 0 saturated heterocycles. The van der Waals surface area contributed by atoms with Crippen LogP contribution in [0, 0.1) is 36.3 Å². The van der Waals surface area contributed by atoms with Crippen molar-refractivity contribution < 1.29 is 13.5 Å². The van der Waals surface area contributed by atoms with Crippen LogP contribution in [-0.4, -0.2) is 7.11 Å². The van der Waals surface area contributed by atoms with Gasteiger partial charge in [0.15, 0.2) is 11.6 Å². The van der Waals surface area contributed by atoms with Gasteiger partial charge in [0.25, 0.3) is 0 Å². The van der Waals surface area contributed by atoms with E-state index in [1.165, 1.54) is 19.2 Å². The number of terminal acetylenes is 1. The molecule has 0 amide bonds. The second kappa shape index (κ2) is 6.45. The highest BCUT2D eigenvalue weighted by atomic mass is 19.2. The lowest BCUT2D eigenvalue weighted by Crippen LogP contribution is -1.94. The summed E-state index contributed by atoms with van der Waals surface area (Å²) in [7, 11) is 1.28. The predicted octanol–water partition coefficient (Wildman–Crippen LogP) is 2.59. The molecule has 0 bridgehead atoms. The number of halogens is 2. The maximum absolute atomic E-state index is 13.1. The Hall–Kier alpha value is -2.00. The Morgan fingerprint density at radius 1 is 1.20 bits per heavy atom. The topological polar surface area (TPSA) is 9.23 Å². The molecule has 0 radical (unpaired) electrons. The van der Waals surface area contributed by atoms with E-state index in [2.05, 4.69) is 29.4 Å². The number of ether oxygens (including phenoxy) is 1. The number of hydrogen-bond acceptors (Lipinski definition) is 1. The Bertz CT molecular complexity index is 411. The third-order valence-corrected chi connectivity index (χ3v) is 1.53.